The number of aromatic nitrogens is 1. The Morgan fingerprint density at radius 3 is 2.96 bits per heavy atom. The van der Waals surface area contributed by atoms with Crippen LogP contribution < -0.4 is 4.90 Å². The smallest absolute Gasteiger partial charge is 0.204 e. The van der Waals surface area contributed by atoms with Crippen LogP contribution in [0.5, 0.6) is 0 Å². The summed E-state index contributed by atoms with van der Waals surface area (Å²) in [6.45, 7) is 2.56. The van der Waals surface area contributed by atoms with Gasteiger partial charge in [-0.15, -0.1) is 0 Å². The second-order valence-electron chi connectivity index (χ2n) is 6.50. The van der Waals surface area contributed by atoms with Gasteiger partial charge in [0.2, 0.25) is 5.78 Å². The summed E-state index contributed by atoms with van der Waals surface area (Å²) in [6, 6.07) is 6.13. The first kappa shape index (κ1) is 16.7. The van der Waals surface area contributed by atoms with Crippen molar-refractivity contribution < 1.29 is 17.9 Å². The molecule has 2 atom stereocenters. The second kappa shape index (κ2) is 6.19. The van der Waals surface area contributed by atoms with E-state index in [9.17, 15) is 13.2 Å². The monoisotopic (exact) mass is 378 g/mol. The zero-order valence-electron chi connectivity index (χ0n) is 13.7. The lowest BCUT2D eigenvalue weighted by molar-refractivity contribution is 0.104. The number of benzene rings is 1. The number of anilines is 1. The lowest BCUT2D eigenvalue weighted by atomic mass is 10.1. The first-order chi connectivity index (χ1) is 11.9. The first-order valence-corrected chi connectivity index (χ1v) is 10.8. The number of ketones is 1. The van der Waals surface area contributed by atoms with Gasteiger partial charge in [0.25, 0.3) is 0 Å². The predicted octanol–water partition coefficient (Wildman–Crippen LogP) is 2.00. The lowest BCUT2D eigenvalue weighted by Gasteiger charge is -2.14. The number of sulfone groups is 1. The van der Waals surface area contributed by atoms with E-state index >= 15 is 0 Å². The number of rotatable bonds is 4. The molecule has 2 aliphatic rings. The van der Waals surface area contributed by atoms with Crippen molar-refractivity contribution in [2.75, 3.05) is 30.9 Å². The van der Waals surface area contributed by atoms with Gasteiger partial charge in [-0.25, -0.2) is 13.4 Å². The van der Waals surface area contributed by atoms with Crippen LogP contribution in [-0.2, 0) is 14.6 Å². The summed E-state index contributed by atoms with van der Waals surface area (Å²) in [6.07, 6.45) is 4.06. The van der Waals surface area contributed by atoms with E-state index in [0.29, 0.717) is 16.4 Å². The highest BCUT2D eigenvalue weighted by Crippen LogP contribution is 2.34. The quantitative estimate of drug-likeness (QED) is 0.758. The summed E-state index contributed by atoms with van der Waals surface area (Å²) < 4.78 is 29.1. The van der Waals surface area contributed by atoms with Crippen LogP contribution >= 0.6 is 11.3 Å². The third-order valence-corrected chi connectivity index (χ3v) is 6.88. The molecule has 0 unspecified atom stereocenters. The maximum absolute atomic E-state index is 12.7. The molecule has 1 aromatic carbocycles. The van der Waals surface area contributed by atoms with Gasteiger partial charge in [0.05, 0.1) is 22.1 Å². The van der Waals surface area contributed by atoms with Crippen molar-refractivity contribution in [1.82, 2.24) is 4.98 Å². The topological polar surface area (TPSA) is 76.6 Å². The van der Waals surface area contributed by atoms with Gasteiger partial charge < -0.3 is 9.64 Å². The number of fused-ring (bicyclic) bond motifs is 1. The lowest BCUT2D eigenvalue weighted by Crippen LogP contribution is -2.22. The fourth-order valence-corrected chi connectivity index (χ4v) is 4.92. The second-order valence-corrected chi connectivity index (χ2v) is 9.52. The third-order valence-electron chi connectivity index (χ3n) is 4.71. The standard InChI is InChI=1S/C17H18N2O4S2/c1-25(21,22)13-4-2-3-11(7-13)16(20)15-8-18-17(24-15)19-9-12-5-6-23-14(12)10-19/h2-4,7-8,12,14H,5-6,9-10H2,1H3/t12-,14+/m1/s1. The molecule has 8 heteroatoms. The Labute approximate surface area is 150 Å². The number of thiazole rings is 1. The Kier molecular flexibility index (Phi) is 4.13. The van der Waals surface area contributed by atoms with Crippen molar-refractivity contribution in [2.45, 2.75) is 17.4 Å². The van der Waals surface area contributed by atoms with Crippen molar-refractivity contribution in [1.29, 1.82) is 0 Å². The van der Waals surface area contributed by atoms with Gasteiger partial charge >= 0.3 is 0 Å². The molecule has 2 saturated heterocycles. The van der Waals surface area contributed by atoms with Crippen LogP contribution in [0, 0.1) is 5.92 Å². The van der Waals surface area contributed by atoms with Gasteiger partial charge in [0, 0.05) is 37.4 Å². The van der Waals surface area contributed by atoms with Gasteiger partial charge in [-0.3, -0.25) is 4.79 Å². The molecule has 3 heterocycles. The molecule has 0 spiro atoms. The SMILES string of the molecule is CS(=O)(=O)c1cccc(C(=O)c2cnc(N3C[C@H]4CCO[C@H]4C3)s2)c1. The van der Waals surface area contributed by atoms with Gasteiger partial charge in [0.15, 0.2) is 15.0 Å². The van der Waals surface area contributed by atoms with E-state index in [4.69, 9.17) is 4.74 Å². The zero-order valence-corrected chi connectivity index (χ0v) is 15.3. The minimum atomic E-state index is -3.34. The van der Waals surface area contributed by atoms with Crippen LogP contribution in [0.2, 0.25) is 0 Å². The molecule has 4 rings (SSSR count). The average molecular weight is 378 g/mol. The predicted molar refractivity (Wildman–Crippen MR) is 95.2 cm³/mol. The maximum Gasteiger partial charge on any atom is 0.204 e. The Morgan fingerprint density at radius 2 is 2.20 bits per heavy atom. The van der Waals surface area contributed by atoms with E-state index in [1.54, 1.807) is 18.3 Å². The Morgan fingerprint density at radius 1 is 1.36 bits per heavy atom. The summed E-state index contributed by atoms with van der Waals surface area (Å²) >= 11 is 1.35. The number of carbonyl (C=O) groups is 1. The number of ether oxygens (including phenoxy) is 1. The summed E-state index contributed by atoms with van der Waals surface area (Å²) in [5.74, 6) is 0.347. The number of carbonyl (C=O) groups excluding carboxylic acids is 1. The molecule has 0 radical (unpaired) electrons. The normalized spacial score (nSPS) is 23.0. The summed E-state index contributed by atoms with van der Waals surface area (Å²) in [5.41, 5.74) is 0.361. The Balaban J connectivity index is 1.55. The van der Waals surface area contributed by atoms with E-state index < -0.39 is 9.84 Å². The van der Waals surface area contributed by atoms with Gasteiger partial charge in [-0.2, -0.15) is 0 Å². The van der Waals surface area contributed by atoms with Gasteiger partial charge in [-0.05, 0) is 18.6 Å². The molecule has 0 N–H and O–H groups in total. The zero-order chi connectivity index (χ0) is 17.6. The molecule has 2 aliphatic heterocycles. The van der Waals surface area contributed by atoms with Crippen molar-refractivity contribution >= 4 is 32.1 Å². The van der Waals surface area contributed by atoms with E-state index in [0.717, 1.165) is 37.5 Å². The van der Waals surface area contributed by atoms with Crippen LogP contribution in [0.15, 0.2) is 35.4 Å². The fourth-order valence-electron chi connectivity index (χ4n) is 3.36. The molecule has 0 aliphatic carbocycles. The molecule has 0 bridgehead atoms. The van der Waals surface area contributed by atoms with Gasteiger partial charge in [-0.1, -0.05) is 23.5 Å². The molecule has 2 aromatic rings. The van der Waals surface area contributed by atoms with E-state index in [1.165, 1.54) is 23.5 Å². The molecular weight excluding hydrogens is 360 g/mol. The van der Waals surface area contributed by atoms with E-state index in [1.807, 2.05) is 0 Å². The van der Waals surface area contributed by atoms with Crippen LogP contribution in [-0.4, -0.2) is 51.2 Å². The fraction of sp³-hybridized carbons (Fsp3) is 0.412. The highest BCUT2D eigenvalue weighted by Gasteiger charge is 2.38. The summed E-state index contributed by atoms with van der Waals surface area (Å²) in [4.78, 5) is 19.9. The summed E-state index contributed by atoms with van der Waals surface area (Å²) in [7, 11) is -3.34. The van der Waals surface area contributed by atoms with Crippen LogP contribution in [0.4, 0.5) is 5.13 Å². The van der Waals surface area contributed by atoms with Crippen molar-refractivity contribution in [3.05, 3.63) is 40.9 Å². The first-order valence-electron chi connectivity index (χ1n) is 8.09. The molecule has 0 amide bonds. The van der Waals surface area contributed by atoms with Crippen molar-refractivity contribution in [2.24, 2.45) is 5.92 Å². The minimum absolute atomic E-state index is 0.146. The highest BCUT2D eigenvalue weighted by molar-refractivity contribution is 7.90. The number of hydrogen-bond donors (Lipinski definition) is 0. The van der Waals surface area contributed by atoms with Gasteiger partial charge in [0.1, 0.15) is 0 Å². The number of nitrogens with zero attached hydrogens (tertiary/aromatic N) is 2. The van der Waals surface area contributed by atoms with Crippen LogP contribution in [0.25, 0.3) is 0 Å². The largest absolute Gasteiger partial charge is 0.376 e. The maximum atomic E-state index is 12.7. The molecule has 132 valence electrons. The Hall–Kier alpha value is -1.77. The molecule has 0 saturated carbocycles. The minimum Gasteiger partial charge on any atom is -0.376 e. The summed E-state index contributed by atoms with van der Waals surface area (Å²) in [5, 5.41) is 0.820. The molecule has 2 fully saturated rings. The van der Waals surface area contributed by atoms with E-state index in [-0.39, 0.29) is 16.8 Å². The number of hydrogen-bond acceptors (Lipinski definition) is 7. The Bertz CT molecular complexity index is 910. The molecular formula is C17H18N2O4S2. The van der Waals surface area contributed by atoms with Crippen molar-refractivity contribution in [3.8, 4) is 0 Å². The highest BCUT2D eigenvalue weighted by atomic mass is 32.2. The van der Waals surface area contributed by atoms with Crippen molar-refractivity contribution in [3.63, 3.8) is 0 Å². The molecule has 25 heavy (non-hydrogen) atoms. The van der Waals surface area contributed by atoms with Crippen LogP contribution in [0.1, 0.15) is 21.7 Å². The molecule has 6 nitrogen and oxygen atoms in total. The van der Waals surface area contributed by atoms with Crippen LogP contribution in [0.3, 0.4) is 0 Å². The van der Waals surface area contributed by atoms with E-state index in [2.05, 4.69) is 9.88 Å². The third kappa shape index (κ3) is 3.21. The molecule has 1 aromatic heterocycles. The average Bonchev–Trinajstić information content (AvgIpc) is 3.28.